The zero-order chi connectivity index (χ0) is 27.3. The highest BCUT2D eigenvalue weighted by atomic mass is 19.4. The number of fused-ring (bicyclic) bond motifs is 1. The van der Waals surface area contributed by atoms with Crippen molar-refractivity contribution in [2.75, 3.05) is 25.9 Å². The molecule has 3 aromatic heterocycles. The number of nitrogen functional groups attached to an aromatic ring is 1. The van der Waals surface area contributed by atoms with Crippen molar-refractivity contribution in [2.45, 2.75) is 30.9 Å². The van der Waals surface area contributed by atoms with Gasteiger partial charge in [0.15, 0.2) is 11.6 Å². The number of ether oxygens (including phenoxy) is 1. The van der Waals surface area contributed by atoms with Crippen LogP contribution in [0.25, 0.3) is 16.8 Å². The smallest absolute Gasteiger partial charge is 0.426 e. The molecule has 3 atom stereocenters. The maximum atomic E-state index is 14.8. The third-order valence-electron chi connectivity index (χ3n) is 5.94. The van der Waals surface area contributed by atoms with Crippen LogP contribution in [0.1, 0.15) is 17.3 Å². The normalized spacial score (nSPS) is 19.6. The molecule has 198 valence electrons. The van der Waals surface area contributed by atoms with Gasteiger partial charge in [-0.1, -0.05) is 0 Å². The van der Waals surface area contributed by atoms with E-state index < -0.39 is 54.7 Å². The molecule has 11 nitrogen and oxygen atoms in total. The Morgan fingerprint density at radius 1 is 1.24 bits per heavy atom. The second kappa shape index (κ2) is 9.10. The minimum absolute atomic E-state index is 0.00147. The Kier molecular flexibility index (Phi) is 6.39. The van der Waals surface area contributed by atoms with Gasteiger partial charge in [0.2, 0.25) is 11.5 Å². The van der Waals surface area contributed by atoms with E-state index in [2.05, 4.69) is 20.4 Å². The number of aliphatic hydroxyl groups is 1. The van der Waals surface area contributed by atoms with Gasteiger partial charge in [-0.05, 0) is 13.0 Å². The topological polar surface area (TPSA) is 148 Å². The van der Waals surface area contributed by atoms with Crippen LogP contribution in [0.2, 0.25) is 0 Å². The maximum absolute atomic E-state index is 14.8. The van der Waals surface area contributed by atoms with Gasteiger partial charge in [0.25, 0.3) is 11.8 Å². The summed E-state index contributed by atoms with van der Waals surface area (Å²) in [5, 5.41) is 15.9. The summed E-state index contributed by atoms with van der Waals surface area (Å²) < 4.78 is 74.7. The van der Waals surface area contributed by atoms with Gasteiger partial charge in [-0.2, -0.15) is 18.3 Å². The zero-order valence-electron chi connectivity index (χ0n) is 19.3. The van der Waals surface area contributed by atoms with Crippen molar-refractivity contribution in [3.8, 4) is 17.1 Å². The number of rotatable bonds is 5. The van der Waals surface area contributed by atoms with Crippen LogP contribution < -0.4 is 15.8 Å². The van der Waals surface area contributed by atoms with Crippen molar-refractivity contribution in [3.05, 3.63) is 36.0 Å². The number of anilines is 1. The van der Waals surface area contributed by atoms with Gasteiger partial charge in [0.05, 0.1) is 19.7 Å². The molecule has 0 aliphatic carbocycles. The fourth-order valence-corrected chi connectivity index (χ4v) is 3.89. The molecule has 4 N–H and O–H groups in total. The summed E-state index contributed by atoms with van der Waals surface area (Å²) in [6, 6.07) is 0.874. The number of carbonyl (C=O) groups excluding carboxylic acids is 2. The molecule has 4 heterocycles. The predicted octanol–water partition coefficient (Wildman–Crippen LogP) is 1.11. The Labute approximate surface area is 205 Å². The SMILES string of the molecule is COc1ncc(-c2c(F)cc3c(N)ncnn23)cc1C(=O)N[C@@H]1CN(C(=O)[C@@](C)(O)C(F)(F)F)C[C@@H]1F. The molecule has 3 aromatic rings. The van der Waals surface area contributed by atoms with Crippen LogP contribution in [-0.4, -0.2) is 85.6 Å². The minimum atomic E-state index is -5.29. The average Bonchev–Trinajstić information content (AvgIpc) is 3.37. The molecule has 37 heavy (non-hydrogen) atoms. The largest absolute Gasteiger partial charge is 0.480 e. The highest BCUT2D eigenvalue weighted by molar-refractivity contribution is 5.98. The number of hydrogen-bond acceptors (Lipinski definition) is 8. The summed E-state index contributed by atoms with van der Waals surface area (Å²) in [4.78, 5) is 33.4. The molecule has 16 heteroatoms. The van der Waals surface area contributed by atoms with Crippen LogP contribution >= 0.6 is 0 Å². The van der Waals surface area contributed by atoms with E-state index in [1.807, 2.05) is 0 Å². The number of methoxy groups -OCH3 is 1. The molecule has 0 saturated carbocycles. The van der Waals surface area contributed by atoms with Gasteiger partial charge in [0.1, 0.15) is 29.3 Å². The van der Waals surface area contributed by atoms with Gasteiger partial charge in [-0.3, -0.25) is 9.59 Å². The van der Waals surface area contributed by atoms with Gasteiger partial charge < -0.3 is 25.8 Å². The molecule has 1 saturated heterocycles. The van der Waals surface area contributed by atoms with Crippen molar-refractivity contribution in [2.24, 2.45) is 0 Å². The third kappa shape index (κ3) is 4.47. The molecule has 1 fully saturated rings. The first-order chi connectivity index (χ1) is 17.3. The van der Waals surface area contributed by atoms with E-state index in [1.165, 1.54) is 19.4 Å². The summed E-state index contributed by atoms with van der Waals surface area (Å²) >= 11 is 0. The van der Waals surface area contributed by atoms with Gasteiger partial charge in [0, 0.05) is 24.4 Å². The highest BCUT2D eigenvalue weighted by Crippen LogP contribution is 2.33. The van der Waals surface area contributed by atoms with Gasteiger partial charge >= 0.3 is 6.18 Å². The van der Waals surface area contributed by atoms with E-state index in [9.17, 15) is 36.6 Å². The first-order valence-electron chi connectivity index (χ1n) is 10.6. The number of carbonyl (C=O) groups is 2. The summed E-state index contributed by atoms with van der Waals surface area (Å²) in [5.74, 6) is -3.67. The lowest BCUT2D eigenvalue weighted by Gasteiger charge is -2.29. The van der Waals surface area contributed by atoms with Crippen LogP contribution in [0, 0.1) is 5.82 Å². The zero-order valence-corrected chi connectivity index (χ0v) is 19.3. The molecule has 0 aromatic carbocycles. The minimum Gasteiger partial charge on any atom is -0.480 e. The number of hydrogen-bond donors (Lipinski definition) is 3. The number of nitrogens with one attached hydrogen (secondary N) is 1. The fraction of sp³-hybridized carbons (Fsp3) is 0.381. The number of nitrogens with zero attached hydrogens (tertiary/aromatic N) is 5. The van der Waals surface area contributed by atoms with E-state index in [4.69, 9.17) is 10.5 Å². The molecule has 1 aliphatic rings. The molecule has 1 aliphatic heterocycles. The molecule has 0 bridgehead atoms. The molecule has 4 rings (SSSR count). The van der Waals surface area contributed by atoms with E-state index in [-0.39, 0.29) is 41.0 Å². The Morgan fingerprint density at radius 3 is 2.59 bits per heavy atom. The molecule has 0 unspecified atom stereocenters. The second-order valence-corrected chi connectivity index (χ2v) is 8.44. The van der Waals surface area contributed by atoms with E-state index >= 15 is 0 Å². The predicted molar refractivity (Wildman–Crippen MR) is 117 cm³/mol. The maximum Gasteiger partial charge on any atom is 0.426 e. The first-order valence-corrected chi connectivity index (χ1v) is 10.6. The van der Waals surface area contributed by atoms with Crippen molar-refractivity contribution in [3.63, 3.8) is 0 Å². The van der Waals surface area contributed by atoms with Crippen LogP contribution in [0.4, 0.5) is 27.8 Å². The third-order valence-corrected chi connectivity index (χ3v) is 5.94. The second-order valence-electron chi connectivity index (χ2n) is 8.44. The molecule has 0 radical (unpaired) electrons. The lowest BCUT2D eigenvalue weighted by atomic mass is 10.1. The Morgan fingerprint density at radius 2 is 1.95 bits per heavy atom. The van der Waals surface area contributed by atoms with Gasteiger partial charge in [-0.15, -0.1) is 0 Å². The van der Waals surface area contributed by atoms with Gasteiger partial charge in [-0.25, -0.2) is 23.3 Å². The number of amides is 2. The van der Waals surface area contributed by atoms with Crippen molar-refractivity contribution in [1.29, 1.82) is 0 Å². The Hall–Kier alpha value is -4.08. The van der Waals surface area contributed by atoms with Crippen LogP contribution in [0.3, 0.4) is 0 Å². The number of aromatic nitrogens is 4. The quantitative estimate of drug-likeness (QED) is 0.417. The van der Waals surface area contributed by atoms with Crippen molar-refractivity contribution < 1.29 is 41.4 Å². The Balaban J connectivity index is 1.60. The number of halogens is 5. The van der Waals surface area contributed by atoms with Crippen molar-refractivity contribution >= 4 is 23.1 Å². The number of nitrogens with two attached hydrogens (primary N) is 1. The van der Waals surface area contributed by atoms with Crippen molar-refractivity contribution in [1.82, 2.24) is 29.8 Å². The number of alkyl halides is 4. The van der Waals surface area contributed by atoms with E-state index in [0.29, 0.717) is 4.90 Å². The summed E-state index contributed by atoms with van der Waals surface area (Å²) in [6.45, 7) is -1.16. The highest BCUT2D eigenvalue weighted by Gasteiger charge is 2.58. The molecule has 2 amide bonds. The average molecular weight is 529 g/mol. The Bertz CT molecular complexity index is 1380. The van der Waals surface area contributed by atoms with E-state index in [0.717, 1.165) is 16.9 Å². The van der Waals surface area contributed by atoms with E-state index in [1.54, 1.807) is 0 Å². The molecule has 0 spiro atoms. The standard InChI is InChI=1S/C21H20F5N7O4/c1-20(36,21(24,25)26)19(35)32-6-12(23)13(7-32)31-17(34)10-3-9(5-28-18(10)37-2)15-11(22)4-14-16(27)29-8-30-33(14)15/h3-5,8,12-13,36H,6-7H2,1-2H3,(H,31,34)(H2,27,29,30)/t12-,13+,20+/m0/s1. The lowest BCUT2D eigenvalue weighted by Crippen LogP contribution is -2.56. The first kappa shape index (κ1) is 26.0. The summed E-state index contributed by atoms with van der Waals surface area (Å²) in [5.41, 5.74) is 1.88. The fourth-order valence-electron chi connectivity index (χ4n) is 3.89. The van der Waals surface area contributed by atoms with Crippen LogP contribution in [0.5, 0.6) is 5.88 Å². The molecular weight excluding hydrogens is 509 g/mol. The van der Waals surface area contributed by atoms with Crippen LogP contribution in [-0.2, 0) is 4.79 Å². The van der Waals surface area contributed by atoms with Crippen LogP contribution in [0.15, 0.2) is 24.7 Å². The monoisotopic (exact) mass is 529 g/mol. The summed E-state index contributed by atoms with van der Waals surface area (Å²) in [6.07, 6.45) is -4.93. The number of likely N-dealkylation sites (tertiary alicyclic amines) is 1. The lowest BCUT2D eigenvalue weighted by molar-refractivity contribution is -0.249. The number of pyridine rings is 1. The molecular formula is C21H20F5N7O4. The summed E-state index contributed by atoms with van der Waals surface area (Å²) in [7, 11) is 1.20.